The van der Waals surface area contributed by atoms with E-state index in [1.165, 1.54) is 0 Å². The largest absolute Gasteiger partial charge is 0.481 e. The highest BCUT2D eigenvalue weighted by atomic mass is 16.5. The molecule has 0 aliphatic carbocycles. The predicted molar refractivity (Wildman–Crippen MR) is 96.4 cm³/mol. The summed E-state index contributed by atoms with van der Waals surface area (Å²) in [5.74, 6) is 1.16. The van der Waals surface area contributed by atoms with Crippen LogP contribution in [-0.2, 0) is 16.8 Å². The number of amides is 1. The molecule has 3 heterocycles. The van der Waals surface area contributed by atoms with Crippen molar-refractivity contribution < 1.29 is 14.3 Å². The van der Waals surface area contributed by atoms with Gasteiger partial charge in [-0.1, -0.05) is 0 Å². The number of carbonyl (C=O) groups is 1. The summed E-state index contributed by atoms with van der Waals surface area (Å²) in [6, 6.07) is 3.42. The van der Waals surface area contributed by atoms with Gasteiger partial charge in [-0.2, -0.15) is 0 Å². The van der Waals surface area contributed by atoms with E-state index in [-0.39, 0.29) is 5.91 Å². The van der Waals surface area contributed by atoms with Crippen molar-refractivity contribution in [3.8, 4) is 5.88 Å². The van der Waals surface area contributed by atoms with Gasteiger partial charge < -0.3 is 14.4 Å². The Hall–Kier alpha value is -2.59. The minimum atomic E-state index is -0.452. The maximum Gasteiger partial charge on any atom is 0.255 e. The van der Waals surface area contributed by atoms with Gasteiger partial charge in [-0.15, -0.1) is 5.10 Å². The molecule has 0 radical (unpaired) electrons. The minimum Gasteiger partial charge on any atom is -0.481 e. The number of likely N-dealkylation sites (N-methyl/N-ethyl adjacent to an activating group) is 1. The lowest BCUT2D eigenvalue weighted by molar-refractivity contribution is 0.0736. The minimum absolute atomic E-state index is 0.0650. The second-order valence-electron chi connectivity index (χ2n) is 6.71. The standard InChI is InChI=1S/C17H25N7O3/c1-22(2)17(16-19-20-21-24(16)9-10-26-3)7-8-23(12-17)15(25)13-5-6-14(27-4)18-11-13/h5-6,11H,7-10,12H2,1-4H3. The van der Waals surface area contributed by atoms with Crippen molar-refractivity contribution in [1.29, 1.82) is 0 Å². The summed E-state index contributed by atoms with van der Waals surface area (Å²) in [4.78, 5) is 21.0. The fraction of sp³-hybridized carbons (Fsp3) is 0.588. The van der Waals surface area contributed by atoms with E-state index in [4.69, 9.17) is 9.47 Å². The Morgan fingerprint density at radius 3 is 2.78 bits per heavy atom. The fourth-order valence-corrected chi connectivity index (χ4v) is 3.39. The molecule has 1 fully saturated rings. The number of ether oxygens (including phenoxy) is 2. The molecule has 0 spiro atoms. The van der Waals surface area contributed by atoms with Crippen molar-refractivity contribution in [1.82, 2.24) is 35.0 Å². The summed E-state index contributed by atoms with van der Waals surface area (Å²) >= 11 is 0. The van der Waals surface area contributed by atoms with Crippen LogP contribution in [0.3, 0.4) is 0 Å². The third-order valence-electron chi connectivity index (χ3n) is 5.04. The molecular formula is C17H25N7O3. The first-order valence-electron chi connectivity index (χ1n) is 8.74. The molecule has 1 aliphatic heterocycles. The number of rotatable bonds is 7. The summed E-state index contributed by atoms with van der Waals surface area (Å²) in [7, 11) is 7.16. The Morgan fingerprint density at radius 2 is 2.15 bits per heavy atom. The van der Waals surface area contributed by atoms with Gasteiger partial charge in [-0.3, -0.25) is 9.69 Å². The quantitative estimate of drug-likeness (QED) is 0.668. The number of likely N-dealkylation sites (tertiary alicyclic amines) is 1. The maximum atomic E-state index is 12.9. The van der Waals surface area contributed by atoms with Gasteiger partial charge in [-0.25, -0.2) is 9.67 Å². The summed E-state index contributed by atoms with van der Waals surface area (Å²) < 4.78 is 12.0. The molecule has 2 aromatic rings. The van der Waals surface area contributed by atoms with Crippen molar-refractivity contribution in [3.05, 3.63) is 29.7 Å². The van der Waals surface area contributed by atoms with Crippen molar-refractivity contribution in [2.75, 3.05) is 48.0 Å². The van der Waals surface area contributed by atoms with E-state index in [9.17, 15) is 4.79 Å². The molecule has 27 heavy (non-hydrogen) atoms. The summed E-state index contributed by atoms with van der Waals surface area (Å²) in [6.45, 7) is 2.19. The van der Waals surface area contributed by atoms with Crippen molar-refractivity contribution in [2.24, 2.45) is 0 Å². The van der Waals surface area contributed by atoms with Crippen LogP contribution in [0.2, 0.25) is 0 Å². The average molecular weight is 375 g/mol. The first kappa shape index (κ1) is 19.2. The predicted octanol–water partition coefficient (Wildman–Crippen LogP) is 0.0261. The SMILES string of the molecule is COCCn1nnnc1C1(N(C)C)CCN(C(=O)c2ccc(OC)nc2)C1. The molecule has 0 N–H and O–H groups in total. The van der Waals surface area contributed by atoms with Gasteiger partial charge in [0.1, 0.15) is 5.54 Å². The van der Waals surface area contributed by atoms with Gasteiger partial charge in [0.25, 0.3) is 5.91 Å². The summed E-state index contributed by atoms with van der Waals surface area (Å²) in [5, 5.41) is 12.2. The van der Waals surface area contributed by atoms with Gasteiger partial charge in [0.15, 0.2) is 5.82 Å². The highest BCUT2D eigenvalue weighted by molar-refractivity contribution is 5.94. The molecule has 0 saturated carbocycles. The molecule has 0 aromatic carbocycles. The van der Waals surface area contributed by atoms with Crippen LogP contribution in [0.5, 0.6) is 5.88 Å². The van der Waals surface area contributed by atoms with Crippen molar-refractivity contribution in [2.45, 2.75) is 18.5 Å². The Bertz CT molecular complexity index is 777. The lowest BCUT2D eigenvalue weighted by atomic mass is 9.96. The molecule has 1 atom stereocenters. The number of pyridine rings is 1. The van der Waals surface area contributed by atoms with E-state index in [1.807, 2.05) is 19.0 Å². The van der Waals surface area contributed by atoms with Crippen LogP contribution in [-0.4, -0.2) is 88.9 Å². The van der Waals surface area contributed by atoms with E-state index in [2.05, 4.69) is 25.4 Å². The van der Waals surface area contributed by atoms with Crippen molar-refractivity contribution >= 4 is 5.91 Å². The number of hydrogen-bond donors (Lipinski definition) is 0. The zero-order valence-corrected chi connectivity index (χ0v) is 16.1. The molecule has 1 unspecified atom stereocenters. The lowest BCUT2D eigenvalue weighted by Gasteiger charge is -2.34. The fourth-order valence-electron chi connectivity index (χ4n) is 3.39. The molecule has 1 saturated heterocycles. The number of aromatic nitrogens is 5. The number of methoxy groups -OCH3 is 2. The molecule has 1 aliphatic rings. The van der Waals surface area contributed by atoms with E-state index in [1.54, 1.807) is 37.2 Å². The normalized spacial score (nSPS) is 19.7. The zero-order chi connectivity index (χ0) is 19.4. The number of tetrazole rings is 1. The summed E-state index contributed by atoms with van der Waals surface area (Å²) in [6.07, 6.45) is 2.28. The third-order valence-corrected chi connectivity index (χ3v) is 5.04. The van der Waals surface area contributed by atoms with Crippen LogP contribution in [0.4, 0.5) is 0 Å². The Kier molecular flexibility index (Phi) is 5.66. The first-order valence-corrected chi connectivity index (χ1v) is 8.74. The monoisotopic (exact) mass is 375 g/mol. The van der Waals surface area contributed by atoms with Gasteiger partial charge in [0.2, 0.25) is 5.88 Å². The van der Waals surface area contributed by atoms with Gasteiger partial charge in [0.05, 0.1) is 25.8 Å². The topological polar surface area (TPSA) is 98.5 Å². The van der Waals surface area contributed by atoms with Crippen LogP contribution in [0.25, 0.3) is 0 Å². The van der Waals surface area contributed by atoms with E-state index < -0.39 is 5.54 Å². The first-order chi connectivity index (χ1) is 13.0. The molecule has 2 aromatic heterocycles. The number of hydrogen-bond acceptors (Lipinski definition) is 8. The van der Waals surface area contributed by atoms with Crippen LogP contribution in [0, 0.1) is 0 Å². The van der Waals surface area contributed by atoms with Crippen LogP contribution in [0.15, 0.2) is 18.3 Å². The highest BCUT2D eigenvalue weighted by Gasteiger charge is 2.47. The molecule has 146 valence electrons. The zero-order valence-electron chi connectivity index (χ0n) is 16.1. The number of nitrogens with zero attached hydrogens (tertiary/aromatic N) is 7. The van der Waals surface area contributed by atoms with Gasteiger partial charge in [0, 0.05) is 32.5 Å². The smallest absolute Gasteiger partial charge is 0.255 e. The number of carbonyl (C=O) groups excluding carboxylic acids is 1. The molecule has 0 bridgehead atoms. The Balaban J connectivity index is 1.83. The molecule has 3 rings (SSSR count). The molecule has 10 nitrogen and oxygen atoms in total. The highest BCUT2D eigenvalue weighted by Crippen LogP contribution is 2.35. The maximum absolute atomic E-state index is 12.9. The molecular weight excluding hydrogens is 350 g/mol. The third kappa shape index (κ3) is 3.62. The van der Waals surface area contributed by atoms with Gasteiger partial charge in [-0.05, 0) is 37.0 Å². The van der Waals surface area contributed by atoms with Crippen LogP contribution >= 0.6 is 0 Å². The Labute approximate surface area is 158 Å². The Morgan fingerprint density at radius 1 is 1.33 bits per heavy atom. The lowest BCUT2D eigenvalue weighted by Crippen LogP contribution is -2.47. The van der Waals surface area contributed by atoms with Crippen molar-refractivity contribution in [3.63, 3.8) is 0 Å². The van der Waals surface area contributed by atoms with E-state index in [0.29, 0.717) is 37.7 Å². The molecule has 10 heteroatoms. The van der Waals surface area contributed by atoms with Crippen LogP contribution in [0.1, 0.15) is 22.6 Å². The molecule has 1 amide bonds. The van der Waals surface area contributed by atoms with Crippen LogP contribution < -0.4 is 4.74 Å². The van der Waals surface area contributed by atoms with E-state index >= 15 is 0 Å². The second-order valence-corrected chi connectivity index (χ2v) is 6.71. The second kappa shape index (κ2) is 7.97. The van der Waals surface area contributed by atoms with Gasteiger partial charge >= 0.3 is 0 Å². The van der Waals surface area contributed by atoms with E-state index in [0.717, 1.165) is 12.2 Å². The summed E-state index contributed by atoms with van der Waals surface area (Å²) in [5.41, 5.74) is 0.0802. The average Bonchev–Trinajstić information content (AvgIpc) is 3.33.